The zero-order valence-electron chi connectivity index (χ0n) is 11.3. The van der Waals surface area contributed by atoms with Crippen LogP contribution in [0, 0.1) is 0 Å². The van der Waals surface area contributed by atoms with Gasteiger partial charge in [-0.3, -0.25) is 4.99 Å². The molecule has 7 heteroatoms. The molecule has 19 heavy (non-hydrogen) atoms. The SMILES string of the molecule is I.NC(=NCCOCC1CCCO1)N1CCOCC1. The number of aliphatic imine (C=N–C) groups is 1. The summed E-state index contributed by atoms with van der Waals surface area (Å²) in [4.78, 5) is 6.36. The molecule has 0 amide bonds. The standard InChI is InChI=1S/C12H23N3O3.HI/c13-12(15-4-8-16-9-5-15)14-3-7-17-10-11-2-1-6-18-11;/h11H,1-10H2,(H2,13,14);1H. The highest BCUT2D eigenvalue weighted by Crippen LogP contribution is 2.11. The molecular formula is C12H24IN3O3. The van der Waals surface area contributed by atoms with Gasteiger partial charge >= 0.3 is 0 Å². The Morgan fingerprint density at radius 3 is 2.79 bits per heavy atom. The monoisotopic (exact) mass is 385 g/mol. The van der Waals surface area contributed by atoms with Gasteiger partial charge in [0.25, 0.3) is 0 Å². The van der Waals surface area contributed by atoms with Crippen LogP contribution in [-0.4, -0.2) is 69.6 Å². The van der Waals surface area contributed by atoms with Crippen molar-refractivity contribution in [3.8, 4) is 0 Å². The quantitative estimate of drug-likeness (QED) is 0.322. The molecule has 2 fully saturated rings. The second-order valence-electron chi connectivity index (χ2n) is 4.55. The molecule has 6 nitrogen and oxygen atoms in total. The van der Waals surface area contributed by atoms with Gasteiger partial charge in [-0.25, -0.2) is 0 Å². The van der Waals surface area contributed by atoms with E-state index < -0.39 is 0 Å². The Morgan fingerprint density at radius 1 is 1.32 bits per heavy atom. The highest BCUT2D eigenvalue weighted by atomic mass is 127. The molecule has 0 aliphatic carbocycles. The van der Waals surface area contributed by atoms with Gasteiger partial charge in [-0.2, -0.15) is 0 Å². The van der Waals surface area contributed by atoms with Crippen LogP contribution in [0.1, 0.15) is 12.8 Å². The number of halogens is 1. The van der Waals surface area contributed by atoms with Gasteiger partial charge < -0.3 is 24.8 Å². The second-order valence-corrected chi connectivity index (χ2v) is 4.55. The molecule has 1 unspecified atom stereocenters. The Labute approximate surface area is 131 Å². The average Bonchev–Trinajstić information content (AvgIpc) is 2.92. The summed E-state index contributed by atoms with van der Waals surface area (Å²) in [7, 11) is 0. The lowest BCUT2D eigenvalue weighted by Gasteiger charge is -2.27. The minimum atomic E-state index is 0. The second kappa shape index (κ2) is 9.73. The minimum absolute atomic E-state index is 0. The summed E-state index contributed by atoms with van der Waals surface area (Å²) >= 11 is 0. The summed E-state index contributed by atoms with van der Waals surface area (Å²) in [6, 6.07) is 0. The molecule has 0 bridgehead atoms. The first-order valence-corrected chi connectivity index (χ1v) is 6.68. The topological polar surface area (TPSA) is 69.3 Å². The Hall–Kier alpha value is -0.120. The van der Waals surface area contributed by atoms with Crippen molar-refractivity contribution < 1.29 is 14.2 Å². The summed E-state index contributed by atoms with van der Waals surface area (Å²) in [5, 5.41) is 0. The molecule has 2 rings (SSSR count). The Bertz CT molecular complexity index is 267. The van der Waals surface area contributed by atoms with Crippen molar-refractivity contribution in [2.24, 2.45) is 10.7 Å². The fraction of sp³-hybridized carbons (Fsp3) is 0.917. The van der Waals surface area contributed by atoms with Crippen molar-refractivity contribution in [3.63, 3.8) is 0 Å². The third-order valence-corrected chi connectivity index (χ3v) is 3.17. The Morgan fingerprint density at radius 2 is 2.11 bits per heavy atom. The van der Waals surface area contributed by atoms with Crippen LogP contribution < -0.4 is 5.73 Å². The maximum absolute atomic E-state index is 5.89. The van der Waals surface area contributed by atoms with Crippen LogP contribution in [0.4, 0.5) is 0 Å². The normalized spacial score (nSPS) is 24.3. The van der Waals surface area contributed by atoms with Crippen LogP contribution in [0.15, 0.2) is 4.99 Å². The van der Waals surface area contributed by atoms with Gasteiger partial charge in [-0.05, 0) is 12.8 Å². The summed E-state index contributed by atoms with van der Waals surface area (Å²) < 4.78 is 16.3. The zero-order valence-corrected chi connectivity index (χ0v) is 13.6. The number of nitrogens with two attached hydrogens (primary N) is 1. The fourth-order valence-corrected chi connectivity index (χ4v) is 2.11. The molecule has 0 spiro atoms. The van der Waals surface area contributed by atoms with Crippen molar-refractivity contribution in [2.75, 3.05) is 52.7 Å². The van der Waals surface area contributed by atoms with E-state index in [0.717, 1.165) is 45.8 Å². The molecule has 2 heterocycles. The molecule has 0 saturated carbocycles. The van der Waals surface area contributed by atoms with E-state index in [1.165, 1.54) is 0 Å². The first-order chi connectivity index (χ1) is 8.86. The van der Waals surface area contributed by atoms with Gasteiger partial charge in [-0.15, -0.1) is 24.0 Å². The third-order valence-electron chi connectivity index (χ3n) is 3.17. The van der Waals surface area contributed by atoms with E-state index in [-0.39, 0.29) is 30.1 Å². The number of ether oxygens (including phenoxy) is 3. The lowest BCUT2D eigenvalue weighted by atomic mass is 10.2. The van der Waals surface area contributed by atoms with E-state index >= 15 is 0 Å². The summed E-state index contributed by atoms with van der Waals surface area (Å²) in [5.41, 5.74) is 5.89. The van der Waals surface area contributed by atoms with Crippen molar-refractivity contribution in [3.05, 3.63) is 0 Å². The molecule has 0 aromatic heterocycles. The average molecular weight is 385 g/mol. The molecule has 1 atom stereocenters. The number of rotatable bonds is 5. The highest BCUT2D eigenvalue weighted by Gasteiger charge is 2.15. The van der Waals surface area contributed by atoms with Gasteiger partial charge in [-0.1, -0.05) is 0 Å². The molecule has 2 N–H and O–H groups in total. The number of hydrogen-bond acceptors (Lipinski definition) is 4. The van der Waals surface area contributed by atoms with Crippen molar-refractivity contribution >= 4 is 29.9 Å². The molecule has 2 aliphatic rings. The molecule has 0 aromatic rings. The summed E-state index contributed by atoms with van der Waals surface area (Å²) in [6.07, 6.45) is 2.54. The van der Waals surface area contributed by atoms with Crippen LogP contribution in [0.3, 0.4) is 0 Å². The fourth-order valence-electron chi connectivity index (χ4n) is 2.11. The van der Waals surface area contributed by atoms with E-state index in [9.17, 15) is 0 Å². The molecule has 112 valence electrons. The van der Waals surface area contributed by atoms with Crippen LogP contribution in [-0.2, 0) is 14.2 Å². The number of hydrogen-bond donors (Lipinski definition) is 1. The molecular weight excluding hydrogens is 361 g/mol. The van der Waals surface area contributed by atoms with Crippen LogP contribution in [0.5, 0.6) is 0 Å². The predicted molar refractivity (Wildman–Crippen MR) is 84.1 cm³/mol. The molecule has 2 saturated heterocycles. The maximum Gasteiger partial charge on any atom is 0.191 e. The van der Waals surface area contributed by atoms with Crippen LogP contribution >= 0.6 is 24.0 Å². The van der Waals surface area contributed by atoms with E-state index in [4.69, 9.17) is 19.9 Å². The predicted octanol–water partition coefficient (Wildman–Crippen LogP) is 0.447. The lowest BCUT2D eigenvalue weighted by Crippen LogP contribution is -2.45. The number of guanidine groups is 1. The smallest absolute Gasteiger partial charge is 0.191 e. The van der Waals surface area contributed by atoms with Crippen molar-refractivity contribution in [2.45, 2.75) is 18.9 Å². The minimum Gasteiger partial charge on any atom is -0.378 e. The van der Waals surface area contributed by atoms with E-state index in [2.05, 4.69) is 4.99 Å². The largest absolute Gasteiger partial charge is 0.378 e. The van der Waals surface area contributed by atoms with Gasteiger partial charge in [0.05, 0.1) is 39.1 Å². The van der Waals surface area contributed by atoms with Crippen LogP contribution in [0.25, 0.3) is 0 Å². The van der Waals surface area contributed by atoms with E-state index in [1.807, 2.05) is 4.90 Å². The van der Waals surface area contributed by atoms with Gasteiger partial charge in [0.2, 0.25) is 0 Å². The maximum atomic E-state index is 5.89. The number of morpholine rings is 1. The first-order valence-electron chi connectivity index (χ1n) is 6.68. The summed E-state index contributed by atoms with van der Waals surface area (Å²) in [5.74, 6) is 0.596. The first kappa shape index (κ1) is 16.9. The van der Waals surface area contributed by atoms with E-state index in [0.29, 0.717) is 25.7 Å². The zero-order chi connectivity index (χ0) is 12.6. The summed E-state index contributed by atoms with van der Waals surface area (Å²) in [6.45, 7) is 5.86. The third kappa shape index (κ3) is 6.24. The van der Waals surface area contributed by atoms with Crippen LogP contribution in [0.2, 0.25) is 0 Å². The van der Waals surface area contributed by atoms with Gasteiger partial charge in [0.1, 0.15) is 0 Å². The van der Waals surface area contributed by atoms with Gasteiger partial charge in [0, 0.05) is 19.7 Å². The Kier molecular flexibility index (Phi) is 8.67. The van der Waals surface area contributed by atoms with Crippen molar-refractivity contribution in [1.82, 2.24) is 4.90 Å². The highest BCUT2D eigenvalue weighted by molar-refractivity contribution is 14.0. The molecule has 0 radical (unpaired) electrons. The molecule has 0 aromatic carbocycles. The number of nitrogens with zero attached hydrogens (tertiary/aromatic N) is 2. The lowest BCUT2D eigenvalue weighted by molar-refractivity contribution is 0.0199. The van der Waals surface area contributed by atoms with E-state index in [1.54, 1.807) is 0 Å². The molecule has 2 aliphatic heterocycles. The Balaban J connectivity index is 0.00000180. The van der Waals surface area contributed by atoms with Gasteiger partial charge in [0.15, 0.2) is 5.96 Å². The van der Waals surface area contributed by atoms with Crippen molar-refractivity contribution in [1.29, 1.82) is 0 Å².